The Balaban J connectivity index is 2.33. The van der Waals surface area contributed by atoms with Gasteiger partial charge in [0.25, 0.3) is 5.91 Å². The third-order valence-corrected chi connectivity index (χ3v) is 3.70. The van der Waals surface area contributed by atoms with Gasteiger partial charge in [-0.25, -0.2) is 0 Å². The molecule has 0 spiro atoms. The number of nitrogens with zero attached hydrogens (tertiary/aromatic N) is 1. The quantitative estimate of drug-likeness (QED) is 0.672. The van der Waals surface area contributed by atoms with Gasteiger partial charge in [-0.15, -0.1) is 11.3 Å². The molecule has 2 amide bonds. The van der Waals surface area contributed by atoms with Gasteiger partial charge < -0.3 is 20.6 Å². The van der Waals surface area contributed by atoms with Crippen LogP contribution in [0, 0.1) is 6.92 Å². The molecule has 21 heavy (non-hydrogen) atoms. The number of carbonyl (C=O) groups excluding carboxylic acids is 2. The van der Waals surface area contributed by atoms with Gasteiger partial charge in [0.1, 0.15) is 0 Å². The number of thiophene rings is 1. The second-order valence-electron chi connectivity index (χ2n) is 5.60. The summed E-state index contributed by atoms with van der Waals surface area (Å²) in [6.07, 6.45) is 0. The van der Waals surface area contributed by atoms with E-state index in [9.17, 15) is 14.7 Å². The molecule has 1 aromatic heterocycles. The monoisotopic (exact) mass is 313 g/mol. The summed E-state index contributed by atoms with van der Waals surface area (Å²) in [7, 11) is 3.69. The van der Waals surface area contributed by atoms with E-state index in [1.54, 1.807) is 13.0 Å². The van der Waals surface area contributed by atoms with Crippen molar-refractivity contribution in [3.05, 3.63) is 21.9 Å². The summed E-state index contributed by atoms with van der Waals surface area (Å²) in [6.45, 7) is 4.04. The Morgan fingerprint density at radius 1 is 1.33 bits per heavy atom. The predicted molar refractivity (Wildman–Crippen MR) is 83.6 cm³/mol. The first-order chi connectivity index (χ1) is 9.69. The zero-order chi connectivity index (χ0) is 16.0. The molecule has 0 aromatic carbocycles. The molecular weight excluding hydrogens is 290 g/mol. The van der Waals surface area contributed by atoms with Gasteiger partial charge in [0.05, 0.1) is 17.0 Å². The molecule has 0 aliphatic heterocycles. The topological polar surface area (TPSA) is 81.7 Å². The van der Waals surface area contributed by atoms with Gasteiger partial charge in [-0.3, -0.25) is 9.59 Å². The minimum absolute atomic E-state index is 0.103. The molecule has 6 nitrogen and oxygen atoms in total. The number of aryl methyl sites for hydroxylation is 1. The maximum atomic E-state index is 11.8. The normalized spacial score (nSPS) is 13.8. The SMILES string of the molecule is Cc1ccc(C(=O)NCC(=O)NCC(C)(O)CN(C)C)s1. The van der Waals surface area contributed by atoms with Crippen LogP contribution in [0.3, 0.4) is 0 Å². The fraction of sp³-hybridized carbons (Fsp3) is 0.571. The summed E-state index contributed by atoms with van der Waals surface area (Å²) < 4.78 is 0. The summed E-state index contributed by atoms with van der Waals surface area (Å²) >= 11 is 1.38. The summed E-state index contributed by atoms with van der Waals surface area (Å²) in [5.41, 5.74) is -1.01. The van der Waals surface area contributed by atoms with Crippen LogP contribution in [-0.4, -0.2) is 61.2 Å². The van der Waals surface area contributed by atoms with E-state index in [2.05, 4.69) is 10.6 Å². The Morgan fingerprint density at radius 3 is 2.52 bits per heavy atom. The zero-order valence-electron chi connectivity index (χ0n) is 12.9. The molecule has 1 rings (SSSR count). The fourth-order valence-electron chi connectivity index (χ4n) is 1.89. The van der Waals surface area contributed by atoms with Crippen molar-refractivity contribution in [3.63, 3.8) is 0 Å². The summed E-state index contributed by atoms with van der Waals surface area (Å²) in [5.74, 6) is -0.584. The minimum atomic E-state index is -1.01. The summed E-state index contributed by atoms with van der Waals surface area (Å²) in [5, 5.41) is 15.2. The van der Waals surface area contributed by atoms with Crippen molar-refractivity contribution in [1.82, 2.24) is 15.5 Å². The van der Waals surface area contributed by atoms with E-state index < -0.39 is 5.60 Å². The van der Waals surface area contributed by atoms with E-state index in [0.29, 0.717) is 11.4 Å². The van der Waals surface area contributed by atoms with Gasteiger partial charge in [0.2, 0.25) is 5.91 Å². The molecule has 0 saturated heterocycles. The van der Waals surface area contributed by atoms with Crippen LogP contribution >= 0.6 is 11.3 Å². The number of aliphatic hydroxyl groups is 1. The van der Waals surface area contributed by atoms with Gasteiger partial charge in [-0.1, -0.05) is 0 Å². The predicted octanol–water partition coefficient (Wildman–Crippen LogP) is 0.215. The molecule has 3 N–H and O–H groups in total. The highest BCUT2D eigenvalue weighted by Crippen LogP contribution is 2.14. The van der Waals surface area contributed by atoms with Crippen LogP contribution < -0.4 is 10.6 Å². The number of nitrogens with one attached hydrogen (secondary N) is 2. The first kappa shape index (κ1) is 17.6. The molecule has 0 radical (unpaired) electrons. The summed E-state index contributed by atoms with van der Waals surface area (Å²) in [4.78, 5) is 26.9. The van der Waals surface area contributed by atoms with Crippen LogP contribution in [-0.2, 0) is 4.79 Å². The number of likely N-dealkylation sites (N-methyl/N-ethyl adjacent to an activating group) is 1. The molecule has 0 fully saturated rings. The van der Waals surface area contributed by atoms with Gasteiger partial charge >= 0.3 is 0 Å². The van der Waals surface area contributed by atoms with Crippen LogP contribution in [0.1, 0.15) is 21.5 Å². The number of hydrogen-bond acceptors (Lipinski definition) is 5. The van der Waals surface area contributed by atoms with Crippen LogP contribution in [0.15, 0.2) is 12.1 Å². The second kappa shape index (κ2) is 7.53. The highest BCUT2D eigenvalue weighted by Gasteiger charge is 2.22. The zero-order valence-corrected chi connectivity index (χ0v) is 13.7. The molecule has 1 atom stereocenters. The minimum Gasteiger partial charge on any atom is -0.387 e. The molecule has 1 unspecified atom stereocenters. The molecule has 118 valence electrons. The Hall–Kier alpha value is -1.44. The van der Waals surface area contributed by atoms with E-state index in [0.717, 1.165) is 4.88 Å². The molecule has 7 heteroatoms. The van der Waals surface area contributed by atoms with Crippen LogP contribution in [0.25, 0.3) is 0 Å². The number of amides is 2. The highest BCUT2D eigenvalue weighted by atomic mass is 32.1. The third kappa shape index (κ3) is 6.70. The van der Waals surface area contributed by atoms with E-state index in [1.807, 2.05) is 32.0 Å². The second-order valence-corrected chi connectivity index (χ2v) is 6.89. The molecule has 0 saturated carbocycles. The molecule has 0 aliphatic rings. The van der Waals surface area contributed by atoms with E-state index in [-0.39, 0.29) is 24.9 Å². The molecular formula is C14H23N3O3S. The van der Waals surface area contributed by atoms with Crippen molar-refractivity contribution >= 4 is 23.2 Å². The highest BCUT2D eigenvalue weighted by molar-refractivity contribution is 7.13. The largest absolute Gasteiger partial charge is 0.387 e. The molecule has 1 aromatic rings. The summed E-state index contributed by atoms with van der Waals surface area (Å²) in [6, 6.07) is 3.59. The lowest BCUT2D eigenvalue weighted by molar-refractivity contribution is -0.121. The van der Waals surface area contributed by atoms with E-state index >= 15 is 0 Å². The van der Waals surface area contributed by atoms with Crippen molar-refractivity contribution in [1.29, 1.82) is 0 Å². The fourth-order valence-corrected chi connectivity index (χ4v) is 2.68. The number of hydrogen-bond donors (Lipinski definition) is 3. The Labute approximate surface area is 129 Å². The van der Waals surface area contributed by atoms with E-state index in [4.69, 9.17) is 0 Å². The van der Waals surface area contributed by atoms with E-state index in [1.165, 1.54) is 11.3 Å². The first-order valence-electron chi connectivity index (χ1n) is 6.68. The van der Waals surface area contributed by atoms with Gasteiger partial charge in [0, 0.05) is 18.0 Å². The van der Waals surface area contributed by atoms with Crippen LogP contribution in [0.4, 0.5) is 0 Å². The lowest BCUT2D eigenvalue weighted by Crippen LogP contribution is -2.49. The Bertz CT molecular complexity index is 497. The number of carbonyl (C=O) groups is 2. The number of rotatable bonds is 7. The lowest BCUT2D eigenvalue weighted by atomic mass is 10.1. The van der Waals surface area contributed by atoms with Gasteiger partial charge in [0.15, 0.2) is 0 Å². The smallest absolute Gasteiger partial charge is 0.261 e. The third-order valence-electron chi connectivity index (χ3n) is 2.70. The van der Waals surface area contributed by atoms with Gasteiger partial charge in [-0.05, 0) is 40.1 Å². The molecule has 0 bridgehead atoms. The average Bonchev–Trinajstić information content (AvgIpc) is 2.79. The van der Waals surface area contributed by atoms with Crippen molar-refractivity contribution in [2.24, 2.45) is 0 Å². The Morgan fingerprint density at radius 2 is 2.00 bits per heavy atom. The maximum absolute atomic E-state index is 11.8. The first-order valence-corrected chi connectivity index (χ1v) is 7.50. The van der Waals surface area contributed by atoms with Gasteiger partial charge in [-0.2, -0.15) is 0 Å². The van der Waals surface area contributed by atoms with Crippen molar-refractivity contribution in [2.75, 3.05) is 33.7 Å². The standard InChI is InChI=1S/C14H23N3O3S/c1-10-5-6-11(21-10)13(19)15-7-12(18)16-8-14(2,20)9-17(3)4/h5-6,20H,7-9H2,1-4H3,(H,15,19)(H,16,18). The molecule has 1 heterocycles. The van der Waals surface area contributed by atoms with Crippen molar-refractivity contribution < 1.29 is 14.7 Å². The maximum Gasteiger partial charge on any atom is 0.261 e. The van der Waals surface area contributed by atoms with Crippen molar-refractivity contribution in [2.45, 2.75) is 19.4 Å². The van der Waals surface area contributed by atoms with Crippen LogP contribution in [0.2, 0.25) is 0 Å². The van der Waals surface area contributed by atoms with Crippen LogP contribution in [0.5, 0.6) is 0 Å². The Kier molecular flexibility index (Phi) is 6.32. The molecule has 0 aliphatic carbocycles. The average molecular weight is 313 g/mol. The lowest BCUT2D eigenvalue weighted by Gasteiger charge is -2.27. The van der Waals surface area contributed by atoms with Crippen molar-refractivity contribution in [3.8, 4) is 0 Å².